The van der Waals surface area contributed by atoms with Crippen molar-refractivity contribution < 1.29 is 0 Å². The highest BCUT2D eigenvalue weighted by Crippen LogP contribution is 2.19. The molecule has 3 atom stereocenters. The molecule has 0 aliphatic carbocycles. The lowest BCUT2D eigenvalue weighted by Gasteiger charge is -2.43. The summed E-state index contributed by atoms with van der Waals surface area (Å²) in [6.07, 6.45) is 3.91. The van der Waals surface area contributed by atoms with E-state index >= 15 is 0 Å². The van der Waals surface area contributed by atoms with Gasteiger partial charge >= 0.3 is 0 Å². The Morgan fingerprint density at radius 2 is 1.94 bits per heavy atom. The standard InChI is InChI=1S/C15H32N2/c1-6-8-14-11-17(10-13(5)7-2)15(9-16-14)12(3)4/h12-16H,6-11H2,1-5H3. The van der Waals surface area contributed by atoms with E-state index in [-0.39, 0.29) is 0 Å². The number of nitrogens with one attached hydrogen (secondary N) is 1. The van der Waals surface area contributed by atoms with Crippen LogP contribution in [0.2, 0.25) is 0 Å². The van der Waals surface area contributed by atoms with Crippen LogP contribution in [-0.4, -0.2) is 36.6 Å². The summed E-state index contributed by atoms with van der Waals surface area (Å²) >= 11 is 0. The highest BCUT2D eigenvalue weighted by atomic mass is 15.2. The minimum atomic E-state index is 0.721. The predicted molar refractivity (Wildman–Crippen MR) is 76.4 cm³/mol. The van der Waals surface area contributed by atoms with Gasteiger partial charge in [0, 0.05) is 31.7 Å². The normalized spacial score (nSPS) is 28.6. The summed E-state index contributed by atoms with van der Waals surface area (Å²) in [7, 11) is 0. The smallest absolute Gasteiger partial charge is 0.0244 e. The van der Waals surface area contributed by atoms with Crippen LogP contribution < -0.4 is 5.32 Å². The summed E-state index contributed by atoms with van der Waals surface area (Å²) in [4.78, 5) is 2.75. The Balaban J connectivity index is 2.56. The number of piperazine rings is 1. The van der Waals surface area contributed by atoms with Crippen molar-refractivity contribution in [3.05, 3.63) is 0 Å². The molecule has 17 heavy (non-hydrogen) atoms. The quantitative estimate of drug-likeness (QED) is 0.767. The number of nitrogens with zero attached hydrogens (tertiary/aromatic N) is 1. The van der Waals surface area contributed by atoms with Crippen LogP contribution in [0.3, 0.4) is 0 Å². The van der Waals surface area contributed by atoms with Gasteiger partial charge in [-0.3, -0.25) is 4.90 Å². The summed E-state index contributed by atoms with van der Waals surface area (Å²) in [6, 6.07) is 1.45. The molecular formula is C15H32N2. The third kappa shape index (κ3) is 4.59. The summed E-state index contributed by atoms with van der Waals surface area (Å²) in [5, 5.41) is 3.73. The van der Waals surface area contributed by atoms with Crippen LogP contribution >= 0.6 is 0 Å². The Labute approximate surface area is 108 Å². The molecule has 0 aromatic carbocycles. The Hall–Kier alpha value is -0.0800. The summed E-state index contributed by atoms with van der Waals surface area (Å²) in [5.41, 5.74) is 0. The molecule has 0 radical (unpaired) electrons. The predicted octanol–water partition coefficient (Wildman–Crippen LogP) is 3.13. The Morgan fingerprint density at radius 3 is 2.47 bits per heavy atom. The molecule has 1 saturated heterocycles. The lowest BCUT2D eigenvalue weighted by atomic mass is 9.95. The molecule has 0 amide bonds. The maximum absolute atomic E-state index is 3.73. The molecule has 2 nitrogen and oxygen atoms in total. The monoisotopic (exact) mass is 240 g/mol. The molecule has 3 unspecified atom stereocenters. The molecule has 1 aliphatic rings. The first-order valence-corrected chi connectivity index (χ1v) is 7.55. The Kier molecular flexibility index (Phi) is 6.50. The molecule has 0 spiro atoms. The zero-order valence-electron chi connectivity index (χ0n) is 12.5. The van der Waals surface area contributed by atoms with E-state index in [1.807, 2.05) is 0 Å². The second-order valence-electron chi connectivity index (χ2n) is 6.17. The van der Waals surface area contributed by atoms with Gasteiger partial charge in [-0.15, -0.1) is 0 Å². The average Bonchev–Trinajstić information content (AvgIpc) is 2.29. The maximum atomic E-state index is 3.73. The van der Waals surface area contributed by atoms with E-state index in [1.165, 1.54) is 38.9 Å². The zero-order chi connectivity index (χ0) is 12.8. The molecule has 0 saturated carbocycles. The highest BCUT2D eigenvalue weighted by Gasteiger charge is 2.29. The SMILES string of the molecule is CCCC1CN(CC(C)CC)C(C(C)C)CN1. The van der Waals surface area contributed by atoms with Crippen molar-refractivity contribution in [1.82, 2.24) is 10.2 Å². The minimum Gasteiger partial charge on any atom is -0.311 e. The molecule has 1 fully saturated rings. The largest absolute Gasteiger partial charge is 0.311 e. The summed E-state index contributed by atoms with van der Waals surface area (Å²) in [6.45, 7) is 15.4. The topological polar surface area (TPSA) is 15.3 Å². The summed E-state index contributed by atoms with van der Waals surface area (Å²) in [5.74, 6) is 1.59. The molecule has 102 valence electrons. The first-order valence-electron chi connectivity index (χ1n) is 7.55. The first-order chi connectivity index (χ1) is 8.08. The van der Waals surface area contributed by atoms with Crippen LogP contribution in [-0.2, 0) is 0 Å². The Morgan fingerprint density at radius 1 is 1.24 bits per heavy atom. The van der Waals surface area contributed by atoms with E-state index in [4.69, 9.17) is 0 Å². The van der Waals surface area contributed by atoms with Gasteiger partial charge in [-0.2, -0.15) is 0 Å². The van der Waals surface area contributed by atoms with Crippen molar-refractivity contribution in [2.45, 2.75) is 66.0 Å². The third-order valence-electron chi connectivity index (χ3n) is 4.19. The lowest BCUT2D eigenvalue weighted by molar-refractivity contribution is 0.0810. The molecule has 1 aliphatic heterocycles. The fraction of sp³-hybridized carbons (Fsp3) is 1.00. The van der Waals surface area contributed by atoms with Crippen LogP contribution in [0, 0.1) is 11.8 Å². The molecule has 1 heterocycles. The van der Waals surface area contributed by atoms with E-state index in [9.17, 15) is 0 Å². The van der Waals surface area contributed by atoms with E-state index < -0.39 is 0 Å². The molecule has 0 aromatic heterocycles. The highest BCUT2D eigenvalue weighted by molar-refractivity contribution is 4.88. The molecule has 1 rings (SSSR count). The lowest BCUT2D eigenvalue weighted by Crippen LogP contribution is -2.58. The fourth-order valence-electron chi connectivity index (χ4n) is 2.84. The molecule has 1 N–H and O–H groups in total. The van der Waals surface area contributed by atoms with Gasteiger partial charge in [-0.05, 0) is 18.3 Å². The van der Waals surface area contributed by atoms with Crippen LogP contribution in [0.5, 0.6) is 0 Å². The van der Waals surface area contributed by atoms with Gasteiger partial charge in [-0.1, -0.05) is 47.5 Å². The van der Waals surface area contributed by atoms with E-state index in [1.54, 1.807) is 0 Å². The van der Waals surface area contributed by atoms with Gasteiger partial charge in [0.05, 0.1) is 0 Å². The van der Waals surface area contributed by atoms with Crippen LogP contribution in [0.25, 0.3) is 0 Å². The van der Waals surface area contributed by atoms with Crippen LogP contribution in [0.15, 0.2) is 0 Å². The minimum absolute atomic E-state index is 0.721. The van der Waals surface area contributed by atoms with Gasteiger partial charge in [0.25, 0.3) is 0 Å². The van der Waals surface area contributed by atoms with Gasteiger partial charge in [-0.25, -0.2) is 0 Å². The van der Waals surface area contributed by atoms with Crippen molar-refractivity contribution in [2.75, 3.05) is 19.6 Å². The van der Waals surface area contributed by atoms with Gasteiger partial charge in [0.2, 0.25) is 0 Å². The van der Waals surface area contributed by atoms with E-state index in [0.29, 0.717) is 0 Å². The van der Waals surface area contributed by atoms with Crippen LogP contribution in [0.4, 0.5) is 0 Å². The number of rotatable bonds is 6. The average molecular weight is 240 g/mol. The van der Waals surface area contributed by atoms with Crippen molar-refractivity contribution in [2.24, 2.45) is 11.8 Å². The molecular weight excluding hydrogens is 208 g/mol. The molecule has 0 bridgehead atoms. The van der Waals surface area contributed by atoms with Crippen LogP contribution in [0.1, 0.15) is 53.9 Å². The number of hydrogen-bond donors (Lipinski definition) is 1. The maximum Gasteiger partial charge on any atom is 0.0244 e. The van der Waals surface area contributed by atoms with Crippen molar-refractivity contribution in [3.8, 4) is 0 Å². The van der Waals surface area contributed by atoms with Gasteiger partial charge in [0.1, 0.15) is 0 Å². The summed E-state index contributed by atoms with van der Waals surface area (Å²) < 4.78 is 0. The second kappa shape index (κ2) is 7.38. The van der Waals surface area contributed by atoms with Crippen molar-refractivity contribution in [3.63, 3.8) is 0 Å². The first kappa shape index (κ1) is 15.0. The number of hydrogen-bond acceptors (Lipinski definition) is 2. The third-order valence-corrected chi connectivity index (χ3v) is 4.19. The van der Waals surface area contributed by atoms with Gasteiger partial charge in [0.15, 0.2) is 0 Å². The van der Waals surface area contributed by atoms with E-state index in [0.717, 1.165) is 23.9 Å². The fourth-order valence-corrected chi connectivity index (χ4v) is 2.84. The van der Waals surface area contributed by atoms with Crippen molar-refractivity contribution >= 4 is 0 Å². The second-order valence-corrected chi connectivity index (χ2v) is 6.17. The van der Waals surface area contributed by atoms with Crippen molar-refractivity contribution in [1.29, 1.82) is 0 Å². The van der Waals surface area contributed by atoms with E-state index in [2.05, 4.69) is 44.8 Å². The molecule has 0 aromatic rings. The molecule has 2 heteroatoms. The van der Waals surface area contributed by atoms with Gasteiger partial charge < -0.3 is 5.32 Å². The Bertz CT molecular complexity index is 203. The zero-order valence-corrected chi connectivity index (χ0v) is 12.5.